The number of benzene rings is 1. The van der Waals surface area contributed by atoms with Crippen LogP contribution in [0.2, 0.25) is 0 Å². The molecule has 3 rings (SSSR count). The number of aromatic nitrogens is 1. The van der Waals surface area contributed by atoms with Gasteiger partial charge < -0.3 is 14.1 Å². The molecule has 1 amide bonds. The predicted octanol–water partition coefficient (Wildman–Crippen LogP) is 3.40. The van der Waals surface area contributed by atoms with Crippen molar-refractivity contribution < 1.29 is 13.9 Å². The van der Waals surface area contributed by atoms with Gasteiger partial charge in [0.25, 0.3) is 5.91 Å². The van der Waals surface area contributed by atoms with E-state index in [1.807, 2.05) is 43.1 Å². The molecule has 0 N–H and O–H groups in total. The molecule has 0 bridgehead atoms. The zero-order valence-electron chi connectivity index (χ0n) is 15.2. The van der Waals surface area contributed by atoms with Crippen molar-refractivity contribution >= 4 is 5.91 Å². The lowest BCUT2D eigenvalue weighted by Crippen LogP contribution is -2.49. The van der Waals surface area contributed by atoms with Crippen molar-refractivity contribution in [3.63, 3.8) is 0 Å². The van der Waals surface area contributed by atoms with Gasteiger partial charge in [-0.25, -0.2) is 4.98 Å². The molecular weight excluding hydrogens is 316 g/mol. The number of piperidine rings is 1. The van der Waals surface area contributed by atoms with Gasteiger partial charge in [-0.1, -0.05) is 30.3 Å². The Morgan fingerprint density at radius 1 is 1.36 bits per heavy atom. The highest BCUT2D eigenvalue weighted by molar-refractivity contribution is 5.84. The Kier molecular flexibility index (Phi) is 5.23. The summed E-state index contributed by atoms with van der Waals surface area (Å²) >= 11 is 0. The van der Waals surface area contributed by atoms with E-state index in [2.05, 4.69) is 17.1 Å². The van der Waals surface area contributed by atoms with E-state index in [0.717, 1.165) is 37.5 Å². The highest BCUT2D eigenvalue weighted by atomic mass is 16.5. The summed E-state index contributed by atoms with van der Waals surface area (Å²) in [4.78, 5) is 19.0. The van der Waals surface area contributed by atoms with Crippen LogP contribution in [0.1, 0.15) is 49.8 Å². The summed E-state index contributed by atoms with van der Waals surface area (Å²) in [5.74, 6) is 1.77. The number of likely N-dealkylation sites (tertiary alicyclic amines) is 1. The third kappa shape index (κ3) is 4.10. The van der Waals surface area contributed by atoms with Gasteiger partial charge in [-0.2, -0.15) is 0 Å². The lowest BCUT2D eigenvalue weighted by atomic mass is 9.96. The Morgan fingerprint density at radius 3 is 2.84 bits per heavy atom. The molecule has 0 aliphatic carbocycles. The summed E-state index contributed by atoms with van der Waals surface area (Å²) in [6.45, 7) is 5.01. The first-order valence-electron chi connectivity index (χ1n) is 8.82. The molecule has 0 radical (unpaired) electrons. The second-order valence-corrected chi connectivity index (χ2v) is 7.13. The molecule has 1 fully saturated rings. The number of carbonyl (C=O) groups excluding carboxylic acids is 1. The quantitative estimate of drug-likeness (QED) is 0.836. The van der Waals surface area contributed by atoms with Crippen molar-refractivity contribution in [1.29, 1.82) is 0 Å². The number of amides is 1. The van der Waals surface area contributed by atoms with Crippen LogP contribution < -0.4 is 0 Å². The SMILES string of the molecule is COC(C)(C)C(=O)N1CCC[C@H](c2ncc(Cc3ccccc3)o2)C1. The monoisotopic (exact) mass is 342 g/mol. The molecule has 5 nitrogen and oxygen atoms in total. The highest BCUT2D eigenvalue weighted by Crippen LogP contribution is 2.28. The Hall–Kier alpha value is -2.14. The van der Waals surface area contributed by atoms with Crippen molar-refractivity contribution in [3.05, 3.63) is 53.7 Å². The van der Waals surface area contributed by atoms with Gasteiger partial charge in [0.2, 0.25) is 0 Å². The molecule has 1 aromatic heterocycles. The van der Waals surface area contributed by atoms with E-state index in [9.17, 15) is 4.79 Å². The van der Waals surface area contributed by atoms with Gasteiger partial charge in [0.15, 0.2) is 5.89 Å². The van der Waals surface area contributed by atoms with Crippen LogP contribution in [0.25, 0.3) is 0 Å². The number of hydrogen-bond donors (Lipinski definition) is 0. The third-order valence-corrected chi connectivity index (χ3v) is 4.88. The fourth-order valence-corrected chi connectivity index (χ4v) is 3.22. The van der Waals surface area contributed by atoms with Crippen LogP contribution in [-0.4, -0.2) is 41.6 Å². The lowest BCUT2D eigenvalue weighted by molar-refractivity contribution is -0.152. The van der Waals surface area contributed by atoms with Gasteiger partial charge >= 0.3 is 0 Å². The molecule has 0 saturated carbocycles. The second kappa shape index (κ2) is 7.40. The summed E-state index contributed by atoms with van der Waals surface area (Å²) < 4.78 is 11.3. The van der Waals surface area contributed by atoms with E-state index >= 15 is 0 Å². The summed E-state index contributed by atoms with van der Waals surface area (Å²) in [5.41, 5.74) is 0.407. The number of ether oxygens (including phenoxy) is 1. The topological polar surface area (TPSA) is 55.6 Å². The Bertz CT molecular complexity index is 709. The molecule has 1 aliphatic heterocycles. The molecule has 2 heterocycles. The molecule has 0 unspecified atom stereocenters. The molecule has 25 heavy (non-hydrogen) atoms. The fourth-order valence-electron chi connectivity index (χ4n) is 3.22. The molecule has 1 aromatic carbocycles. The Morgan fingerprint density at radius 2 is 2.12 bits per heavy atom. The molecule has 1 atom stereocenters. The average molecular weight is 342 g/mol. The zero-order chi connectivity index (χ0) is 17.9. The van der Waals surface area contributed by atoms with E-state index in [1.54, 1.807) is 7.11 Å². The van der Waals surface area contributed by atoms with Crippen LogP contribution in [0.15, 0.2) is 40.9 Å². The van der Waals surface area contributed by atoms with Crippen LogP contribution in [0.4, 0.5) is 0 Å². The van der Waals surface area contributed by atoms with Crippen LogP contribution in [0.3, 0.4) is 0 Å². The minimum absolute atomic E-state index is 0.0239. The number of hydrogen-bond acceptors (Lipinski definition) is 4. The van der Waals surface area contributed by atoms with E-state index in [1.165, 1.54) is 5.56 Å². The van der Waals surface area contributed by atoms with Crippen molar-refractivity contribution in [2.75, 3.05) is 20.2 Å². The second-order valence-electron chi connectivity index (χ2n) is 7.13. The molecular formula is C20H26N2O3. The first kappa shape index (κ1) is 17.7. The number of oxazole rings is 1. The first-order chi connectivity index (χ1) is 12.0. The van der Waals surface area contributed by atoms with Gasteiger partial charge in [0.05, 0.1) is 12.1 Å². The lowest BCUT2D eigenvalue weighted by Gasteiger charge is -2.36. The maximum absolute atomic E-state index is 12.6. The van der Waals surface area contributed by atoms with Crippen LogP contribution in [0.5, 0.6) is 0 Å². The van der Waals surface area contributed by atoms with Gasteiger partial charge in [0.1, 0.15) is 11.4 Å². The molecule has 1 aliphatic rings. The highest BCUT2D eigenvalue weighted by Gasteiger charge is 2.35. The smallest absolute Gasteiger partial charge is 0.254 e. The van der Waals surface area contributed by atoms with Crippen LogP contribution >= 0.6 is 0 Å². The van der Waals surface area contributed by atoms with E-state index in [4.69, 9.17) is 9.15 Å². The standard InChI is InChI=1S/C20H26N2O3/c1-20(2,24-3)19(23)22-11-7-10-16(14-22)18-21-13-17(25-18)12-15-8-5-4-6-9-15/h4-6,8-9,13,16H,7,10-12,14H2,1-3H3/t16-/m0/s1. The zero-order valence-corrected chi connectivity index (χ0v) is 15.2. The Balaban J connectivity index is 1.67. The van der Waals surface area contributed by atoms with Gasteiger partial charge in [-0.15, -0.1) is 0 Å². The number of nitrogens with zero attached hydrogens (tertiary/aromatic N) is 2. The largest absolute Gasteiger partial charge is 0.445 e. The maximum atomic E-state index is 12.6. The minimum Gasteiger partial charge on any atom is -0.445 e. The number of rotatable bonds is 5. The molecule has 1 saturated heterocycles. The van der Waals surface area contributed by atoms with Crippen LogP contribution in [0, 0.1) is 0 Å². The maximum Gasteiger partial charge on any atom is 0.254 e. The van der Waals surface area contributed by atoms with E-state index in [-0.39, 0.29) is 11.8 Å². The summed E-state index contributed by atoms with van der Waals surface area (Å²) in [5, 5.41) is 0. The van der Waals surface area contributed by atoms with E-state index < -0.39 is 5.60 Å². The van der Waals surface area contributed by atoms with Gasteiger partial charge in [-0.05, 0) is 32.3 Å². The van der Waals surface area contributed by atoms with Gasteiger partial charge in [0, 0.05) is 26.6 Å². The van der Waals surface area contributed by atoms with E-state index in [0.29, 0.717) is 6.54 Å². The summed E-state index contributed by atoms with van der Waals surface area (Å²) in [7, 11) is 1.57. The average Bonchev–Trinajstić information content (AvgIpc) is 3.10. The Labute approximate surface area is 149 Å². The normalized spacial score (nSPS) is 18.4. The van der Waals surface area contributed by atoms with Gasteiger partial charge in [-0.3, -0.25) is 4.79 Å². The summed E-state index contributed by atoms with van der Waals surface area (Å²) in [6.07, 6.45) is 4.48. The van der Waals surface area contributed by atoms with Crippen molar-refractivity contribution in [2.24, 2.45) is 0 Å². The molecule has 2 aromatic rings. The number of methoxy groups -OCH3 is 1. The number of carbonyl (C=O) groups is 1. The predicted molar refractivity (Wildman–Crippen MR) is 95.4 cm³/mol. The summed E-state index contributed by atoms with van der Waals surface area (Å²) in [6, 6.07) is 10.2. The van der Waals surface area contributed by atoms with Crippen LogP contribution in [-0.2, 0) is 16.0 Å². The van der Waals surface area contributed by atoms with Crippen molar-refractivity contribution in [3.8, 4) is 0 Å². The minimum atomic E-state index is -0.795. The van der Waals surface area contributed by atoms with Crippen molar-refractivity contribution in [2.45, 2.75) is 44.6 Å². The van der Waals surface area contributed by atoms with Crippen molar-refractivity contribution in [1.82, 2.24) is 9.88 Å². The molecule has 0 spiro atoms. The third-order valence-electron chi connectivity index (χ3n) is 4.88. The fraction of sp³-hybridized carbons (Fsp3) is 0.500. The molecule has 134 valence electrons. The first-order valence-corrected chi connectivity index (χ1v) is 8.82. The molecule has 5 heteroatoms.